The van der Waals surface area contributed by atoms with Crippen molar-refractivity contribution in [3.63, 3.8) is 0 Å². The number of benzene rings is 2. The fourth-order valence-electron chi connectivity index (χ4n) is 2.44. The molecule has 0 amide bonds. The van der Waals surface area contributed by atoms with E-state index < -0.39 is 5.63 Å². The van der Waals surface area contributed by atoms with Crippen LogP contribution >= 0.6 is 0 Å². The number of para-hydroxylation sites is 1. The molecule has 0 saturated heterocycles. The molecule has 0 aliphatic carbocycles. The summed E-state index contributed by atoms with van der Waals surface area (Å²) in [5.41, 5.74) is 0.959. The summed E-state index contributed by atoms with van der Waals surface area (Å²) >= 11 is 0. The first-order chi connectivity index (χ1) is 12.7. The van der Waals surface area contributed by atoms with Crippen molar-refractivity contribution in [1.82, 2.24) is 10.2 Å². The second kappa shape index (κ2) is 6.64. The van der Waals surface area contributed by atoms with Gasteiger partial charge in [0.1, 0.15) is 16.9 Å². The van der Waals surface area contributed by atoms with E-state index >= 15 is 0 Å². The molecule has 4 aromatic rings. The van der Waals surface area contributed by atoms with Crippen LogP contribution in [0.25, 0.3) is 22.4 Å². The van der Waals surface area contributed by atoms with Crippen LogP contribution in [0.15, 0.2) is 73.2 Å². The van der Waals surface area contributed by atoms with Crippen molar-refractivity contribution in [3.05, 3.63) is 70.6 Å². The van der Waals surface area contributed by atoms with Crippen LogP contribution in [0.1, 0.15) is 5.56 Å². The maximum absolute atomic E-state index is 12.1. The first-order valence-electron chi connectivity index (χ1n) is 7.78. The lowest BCUT2D eigenvalue weighted by Gasteiger charge is -1.99. The quantitative estimate of drug-likeness (QED) is 0.414. The smallest absolute Gasteiger partial charge is 0.349 e. The van der Waals surface area contributed by atoms with Gasteiger partial charge in [0.15, 0.2) is 0 Å². The summed E-state index contributed by atoms with van der Waals surface area (Å²) in [6, 6.07) is 16.3. The lowest BCUT2D eigenvalue weighted by atomic mass is 10.2. The molecule has 0 spiro atoms. The van der Waals surface area contributed by atoms with Gasteiger partial charge in [0.05, 0.1) is 7.11 Å². The van der Waals surface area contributed by atoms with Gasteiger partial charge >= 0.3 is 11.6 Å². The van der Waals surface area contributed by atoms with Gasteiger partial charge in [-0.3, -0.25) is 0 Å². The van der Waals surface area contributed by atoms with Gasteiger partial charge in [-0.2, -0.15) is 0 Å². The molecule has 2 heterocycles. The van der Waals surface area contributed by atoms with Crippen LogP contribution in [-0.4, -0.2) is 23.5 Å². The van der Waals surface area contributed by atoms with Gasteiger partial charge in [-0.05, 0) is 29.8 Å². The minimum atomic E-state index is -0.546. The maximum atomic E-state index is 12.1. The molecule has 7 heteroatoms. The highest BCUT2D eigenvalue weighted by Gasteiger charge is 2.14. The van der Waals surface area contributed by atoms with Crippen molar-refractivity contribution >= 4 is 23.2 Å². The predicted octanol–water partition coefficient (Wildman–Crippen LogP) is 3.60. The SMILES string of the molecule is COc1cccc(C=Nc2nnc(-c3cc4ccccc4oc3=O)o2)c1. The molecule has 0 radical (unpaired) electrons. The Balaban J connectivity index is 1.65. The average molecular weight is 347 g/mol. The van der Waals surface area contributed by atoms with E-state index in [-0.39, 0.29) is 17.5 Å². The monoisotopic (exact) mass is 347 g/mol. The number of hydrogen-bond donors (Lipinski definition) is 0. The third-order valence-electron chi connectivity index (χ3n) is 3.70. The Morgan fingerprint density at radius 2 is 1.92 bits per heavy atom. The van der Waals surface area contributed by atoms with Crippen molar-refractivity contribution in [2.24, 2.45) is 4.99 Å². The van der Waals surface area contributed by atoms with Crippen LogP contribution in [0.5, 0.6) is 5.75 Å². The van der Waals surface area contributed by atoms with Gasteiger partial charge in [-0.15, -0.1) is 5.10 Å². The number of fused-ring (bicyclic) bond motifs is 1. The summed E-state index contributed by atoms with van der Waals surface area (Å²) in [5.74, 6) is 0.774. The van der Waals surface area contributed by atoms with E-state index in [2.05, 4.69) is 15.2 Å². The van der Waals surface area contributed by atoms with Crippen LogP contribution in [-0.2, 0) is 0 Å². The molecule has 26 heavy (non-hydrogen) atoms. The highest BCUT2D eigenvalue weighted by atomic mass is 16.5. The summed E-state index contributed by atoms with van der Waals surface area (Å²) in [4.78, 5) is 16.3. The number of ether oxygens (including phenoxy) is 1. The van der Waals surface area contributed by atoms with Crippen LogP contribution in [0.3, 0.4) is 0 Å². The Morgan fingerprint density at radius 1 is 1.04 bits per heavy atom. The van der Waals surface area contributed by atoms with Crippen LogP contribution < -0.4 is 10.4 Å². The fourth-order valence-corrected chi connectivity index (χ4v) is 2.44. The van der Waals surface area contributed by atoms with Gasteiger partial charge in [0.2, 0.25) is 0 Å². The Labute approximate surface area is 147 Å². The lowest BCUT2D eigenvalue weighted by Crippen LogP contribution is -2.02. The molecule has 0 aliphatic heterocycles. The molecule has 0 atom stereocenters. The maximum Gasteiger partial charge on any atom is 0.349 e. The Kier molecular flexibility index (Phi) is 4.03. The number of aromatic nitrogens is 2. The zero-order valence-electron chi connectivity index (χ0n) is 13.7. The number of nitrogens with zero attached hydrogens (tertiary/aromatic N) is 3. The van der Waals surface area contributed by atoms with Crippen molar-refractivity contribution in [2.45, 2.75) is 0 Å². The number of methoxy groups -OCH3 is 1. The summed E-state index contributed by atoms with van der Waals surface area (Å²) in [6.07, 6.45) is 1.57. The second-order valence-corrected chi connectivity index (χ2v) is 5.41. The molecule has 2 aromatic carbocycles. The van der Waals surface area contributed by atoms with E-state index in [4.69, 9.17) is 13.6 Å². The Hall–Kier alpha value is -3.74. The van der Waals surface area contributed by atoms with Gasteiger partial charge in [-0.1, -0.05) is 35.4 Å². The Bertz CT molecular complexity index is 1160. The largest absolute Gasteiger partial charge is 0.497 e. The van der Waals surface area contributed by atoms with Gasteiger partial charge < -0.3 is 13.6 Å². The molecule has 0 N–H and O–H groups in total. The van der Waals surface area contributed by atoms with Crippen molar-refractivity contribution in [3.8, 4) is 17.2 Å². The first kappa shape index (κ1) is 15.8. The lowest BCUT2D eigenvalue weighted by molar-refractivity contribution is 0.415. The zero-order valence-corrected chi connectivity index (χ0v) is 13.7. The van der Waals surface area contributed by atoms with Gasteiger partial charge in [0, 0.05) is 11.6 Å². The molecule has 2 aromatic heterocycles. The van der Waals surface area contributed by atoms with E-state index in [1.165, 1.54) is 0 Å². The first-order valence-corrected chi connectivity index (χ1v) is 7.78. The van der Waals surface area contributed by atoms with Crippen molar-refractivity contribution in [1.29, 1.82) is 0 Å². The minimum absolute atomic E-state index is 0.0374. The molecule has 0 unspecified atom stereocenters. The van der Waals surface area contributed by atoms with Crippen LogP contribution in [0.4, 0.5) is 6.01 Å². The van der Waals surface area contributed by atoms with E-state index in [1.54, 1.807) is 31.5 Å². The number of aliphatic imine (C=N–C) groups is 1. The summed E-state index contributed by atoms with van der Waals surface area (Å²) in [5, 5.41) is 8.50. The molecule has 4 rings (SSSR count). The van der Waals surface area contributed by atoms with E-state index in [9.17, 15) is 4.79 Å². The predicted molar refractivity (Wildman–Crippen MR) is 96.0 cm³/mol. The zero-order chi connectivity index (χ0) is 17.9. The summed E-state index contributed by atoms with van der Waals surface area (Å²) < 4.78 is 15.9. The molecule has 0 saturated carbocycles. The summed E-state index contributed by atoms with van der Waals surface area (Å²) in [6.45, 7) is 0. The topological polar surface area (TPSA) is 90.7 Å². The van der Waals surface area contributed by atoms with E-state index in [0.717, 1.165) is 10.9 Å². The molecule has 0 aliphatic rings. The molecular formula is C19H13N3O4. The van der Waals surface area contributed by atoms with E-state index in [0.29, 0.717) is 11.3 Å². The van der Waals surface area contributed by atoms with Gasteiger partial charge in [0.25, 0.3) is 5.89 Å². The molecule has 0 bridgehead atoms. The molecular weight excluding hydrogens is 334 g/mol. The number of hydrogen-bond acceptors (Lipinski definition) is 7. The molecule has 128 valence electrons. The average Bonchev–Trinajstić information content (AvgIpc) is 3.15. The van der Waals surface area contributed by atoms with Crippen molar-refractivity contribution < 1.29 is 13.6 Å². The minimum Gasteiger partial charge on any atom is -0.497 e. The van der Waals surface area contributed by atoms with Crippen LogP contribution in [0.2, 0.25) is 0 Å². The van der Waals surface area contributed by atoms with Crippen LogP contribution in [0, 0.1) is 0 Å². The van der Waals surface area contributed by atoms with E-state index in [1.807, 2.05) is 36.4 Å². The standard InChI is InChI=1S/C19H13N3O4/c1-24-14-7-4-5-12(9-14)11-20-19-22-21-17(26-19)15-10-13-6-2-3-8-16(13)25-18(15)23/h2-11H,1H3. The Morgan fingerprint density at radius 3 is 2.81 bits per heavy atom. The number of rotatable bonds is 4. The highest BCUT2D eigenvalue weighted by molar-refractivity contribution is 5.82. The summed E-state index contributed by atoms with van der Waals surface area (Å²) in [7, 11) is 1.59. The highest BCUT2D eigenvalue weighted by Crippen LogP contribution is 2.22. The fraction of sp³-hybridized carbons (Fsp3) is 0.0526. The van der Waals surface area contributed by atoms with Gasteiger partial charge in [-0.25, -0.2) is 9.79 Å². The second-order valence-electron chi connectivity index (χ2n) is 5.41. The van der Waals surface area contributed by atoms with Crippen molar-refractivity contribution in [2.75, 3.05) is 7.11 Å². The molecule has 0 fully saturated rings. The third kappa shape index (κ3) is 3.10. The molecule has 7 nitrogen and oxygen atoms in total. The normalized spacial score (nSPS) is 11.3. The third-order valence-corrected chi connectivity index (χ3v) is 3.70.